The Morgan fingerprint density at radius 2 is 1.44 bits per heavy atom. The van der Waals surface area contributed by atoms with Crippen LogP contribution in [0.1, 0.15) is 25.8 Å². The summed E-state index contributed by atoms with van der Waals surface area (Å²) in [7, 11) is 3.07. The van der Waals surface area contributed by atoms with Crippen LogP contribution in [0, 0.1) is 11.8 Å². The highest BCUT2D eigenvalue weighted by molar-refractivity contribution is 6.45. The number of carbonyl (C=O) groups is 2. The third-order valence-corrected chi connectivity index (χ3v) is 6.22. The van der Waals surface area contributed by atoms with Gasteiger partial charge in [0.2, 0.25) is 0 Å². The summed E-state index contributed by atoms with van der Waals surface area (Å²) in [6.45, 7) is 5.81. The van der Waals surface area contributed by atoms with Crippen LogP contribution in [-0.4, -0.2) is 44.0 Å². The summed E-state index contributed by atoms with van der Waals surface area (Å²) in [5.74, 6) is 1.14. The molecular formula is C25H27ClN2O4. The standard InChI is InChI=1S/C25H27ClN2O4/c1-15-9-16(2)14-27(13-15)23-22(17-5-7-18(26)8-6-17)24(29)28(25(23)30)19-10-20(31-3)12-21(11-19)32-4/h5-8,10-12,15-16H,9,13-14H2,1-4H3. The molecule has 1 fully saturated rings. The molecule has 4 rings (SSSR count). The molecule has 1 saturated heterocycles. The number of methoxy groups -OCH3 is 2. The molecule has 2 amide bonds. The first kappa shape index (κ1) is 22.2. The predicted octanol–water partition coefficient (Wildman–Crippen LogP) is 4.62. The molecule has 2 aliphatic heterocycles. The minimum atomic E-state index is -0.367. The zero-order valence-corrected chi connectivity index (χ0v) is 19.5. The molecule has 32 heavy (non-hydrogen) atoms. The molecule has 7 heteroatoms. The van der Waals surface area contributed by atoms with Crippen molar-refractivity contribution >= 4 is 34.7 Å². The lowest BCUT2D eigenvalue weighted by Gasteiger charge is -2.37. The molecule has 2 heterocycles. The summed E-state index contributed by atoms with van der Waals surface area (Å²) in [5, 5.41) is 0.572. The lowest BCUT2D eigenvalue weighted by Crippen LogP contribution is -2.42. The molecule has 2 unspecified atom stereocenters. The van der Waals surface area contributed by atoms with Crippen molar-refractivity contribution in [2.75, 3.05) is 32.2 Å². The Hall–Kier alpha value is -2.99. The van der Waals surface area contributed by atoms with Gasteiger partial charge in [-0.05, 0) is 36.0 Å². The largest absolute Gasteiger partial charge is 0.497 e. The molecule has 6 nitrogen and oxygen atoms in total. The number of imide groups is 1. The maximum absolute atomic E-state index is 13.8. The van der Waals surface area contributed by atoms with Crippen LogP contribution >= 0.6 is 11.6 Å². The third kappa shape index (κ3) is 4.07. The number of hydrogen-bond acceptors (Lipinski definition) is 5. The number of hydrogen-bond donors (Lipinski definition) is 0. The molecule has 0 bridgehead atoms. The molecule has 2 atom stereocenters. The summed E-state index contributed by atoms with van der Waals surface area (Å²) in [4.78, 5) is 30.8. The van der Waals surface area contributed by atoms with Crippen LogP contribution in [0.15, 0.2) is 48.2 Å². The fourth-order valence-electron chi connectivity index (χ4n) is 4.69. The number of carbonyl (C=O) groups excluding carboxylic acids is 2. The van der Waals surface area contributed by atoms with Crippen LogP contribution < -0.4 is 14.4 Å². The highest BCUT2D eigenvalue weighted by atomic mass is 35.5. The smallest absolute Gasteiger partial charge is 0.282 e. The van der Waals surface area contributed by atoms with E-state index in [4.69, 9.17) is 21.1 Å². The minimum Gasteiger partial charge on any atom is -0.497 e. The van der Waals surface area contributed by atoms with Crippen molar-refractivity contribution in [2.24, 2.45) is 11.8 Å². The molecule has 168 valence electrons. The van der Waals surface area contributed by atoms with Crippen molar-refractivity contribution in [2.45, 2.75) is 20.3 Å². The van der Waals surface area contributed by atoms with Gasteiger partial charge >= 0.3 is 0 Å². The Bertz CT molecular complexity index is 1050. The van der Waals surface area contributed by atoms with Crippen LogP contribution in [0.4, 0.5) is 5.69 Å². The summed E-state index contributed by atoms with van der Waals surface area (Å²) >= 11 is 6.08. The maximum Gasteiger partial charge on any atom is 0.282 e. The quantitative estimate of drug-likeness (QED) is 0.617. The van der Waals surface area contributed by atoms with Gasteiger partial charge in [-0.2, -0.15) is 0 Å². The summed E-state index contributed by atoms with van der Waals surface area (Å²) in [6, 6.07) is 12.1. The predicted molar refractivity (Wildman–Crippen MR) is 125 cm³/mol. The molecule has 0 spiro atoms. The van der Waals surface area contributed by atoms with Crippen molar-refractivity contribution in [1.82, 2.24) is 4.90 Å². The van der Waals surface area contributed by atoms with Crippen LogP contribution in [0.5, 0.6) is 11.5 Å². The van der Waals surface area contributed by atoms with E-state index in [2.05, 4.69) is 18.7 Å². The van der Waals surface area contributed by atoms with E-state index in [-0.39, 0.29) is 11.8 Å². The van der Waals surface area contributed by atoms with Crippen molar-refractivity contribution in [3.05, 3.63) is 58.7 Å². The van der Waals surface area contributed by atoms with E-state index in [0.29, 0.717) is 50.9 Å². The number of nitrogens with zero attached hydrogens (tertiary/aromatic N) is 2. The van der Waals surface area contributed by atoms with Crippen LogP contribution in [0.2, 0.25) is 5.02 Å². The molecule has 0 saturated carbocycles. The van der Waals surface area contributed by atoms with Gasteiger partial charge in [-0.25, -0.2) is 4.90 Å². The average molecular weight is 455 g/mol. The lowest BCUT2D eigenvalue weighted by molar-refractivity contribution is -0.120. The second-order valence-corrected chi connectivity index (χ2v) is 9.03. The third-order valence-electron chi connectivity index (χ3n) is 5.97. The SMILES string of the molecule is COc1cc(OC)cc(N2C(=O)C(c3ccc(Cl)cc3)=C(N3CC(C)CC(C)C3)C2=O)c1. The number of likely N-dealkylation sites (tertiary alicyclic amines) is 1. The monoisotopic (exact) mass is 454 g/mol. The Morgan fingerprint density at radius 3 is 1.97 bits per heavy atom. The lowest BCUT2D eigenvalue weighted by atomic mass is 9.91. The van der Waals surface area contributed by atoms with E-state index in [1.165, 1.54) is 19.1 Å². The topological polar surface area (TPSA) is 59.1 Å². The molecule has 2 aromatic carbocycles. The second-order valence-electron chi connectivity index (χ2n) is 8.60. The molecule has 0 aliphatic carbocycles. The summed E-state index contributed by atoms with van der Waals surface area (Å²) in [5.41, 5.74) is 1.93. The number of piperidine rings is 1. The van der Waals surface area contributed by atoms with E-state index in [1.54, 1.807) is 42.5 Å². The number of rotatable bonds is 5. The molecule has 0 radical (unpaired) electrons. The highest BCUT2D eigenvalue weighted by Gasteiger charge is 2.44. The van der Waals surface area contributed by atoms with Gasteiger partial charge in [-0.3, -0.25) is 9.59 Å². The molecule has 0 aromatic heterocycles. The van der Waals surface area contributed by atoms with E-state index < -0.39 is 0 Å². The van der Waals surface area contributed by atoms with Crippen molar-refractivity contribution < 1.29 is 19.1 Å². The number of amides is 2. The maximum atomic E-state index is 13.8. The number of ether oxygens (including phenoxy) is 2. The highest BCUT2D eigenvalue weighted by Crippen LogP contribution is 2.39. The molecule has 2 aliphatic rings. The van der Waals surface area contributed by atoms with E-state index in [0.717, 1.165) is 19.5 Å². The molecule has 2 aromatic rings. The number of halogens is 1. The Balaban J connectivity index is 1.84. The van der Waals surface area contributed by atoms with E-state index >= 15 is 0 Å². The number of benzene rings is 2. The average Bonchev–Trinajstić information content (AvgIpc) is 3.03. The second kappa shape index (κ2) is 8.87. The van der Waals surface area contributed by atoms with Gasteiger partial charge in [-0.15, -0.1) is 0 Å². The summed E-state index contributed by atoms with van der Waals surface area (Å²) in [6.07, 6.45) is 1.10. The van der Waals surface area contributed by atoms with Gasteiger partial charge in [0.1, 0.15) is 17.2 Å². The summed E-state index contributed by atoms with van der Waals surface area (Å²) < 4.78 is 10.7. The van der Waals surface area contributed by atoms with Gasteiger partial charge in [0.15, 0.2) is 0 Å². The van der Waals surface area contributed by atoms with Gasteiger partial charge in [-0.1, -0.05) is 37.6 Å². The first-order valence-electron chi connectivity index (χ1n) is 10.7. The normalized spacial score (nSPS) is 21.4. The van der Waals surface area contributed by atoms with Gasteiger partial charge in [0.05, 0.1) is 25.5 Å². The Morgan fingerprint density at radius 1 is 0.875 bits per heavy atom. The van der Waals surface area contributed by atoms with Gasteiger partial charge in [0.25, 0.3) is 11.8 Å². The Labute approximate surface area is 193 Å². The van der Waals surface area contributed by atoms with E-state index in [1.807, 2.05) is 0 Å². The van der Waals surface area contributed by atoms with Crippen LogP contribution in [0.25, 0.3) is 5.57 Å². The van der Waals surface area contributed by atoms with Crippen molar-refractivity contribution in [3.63, 3.8) is 0 Å². The zero-order valence-electron chi connectivity index (χ0n) is 18.7. The van der Waals surface area contributed by atoms with Crippen LogP contribution in [0.3, 0.4) is 0 Å². The van der Waals surface area contributed by atoms with Gasteiger partial charge < -0.3 is 14.4 Å². The fraction of sp³-hybridized carbons (Fsp3) is 0.360. The van der Waals surface area contributed by atoms with Crippen molar-refractivity contribution in [3.8, 4) is 11.5 Å². The first-order chi connectivity index (χ1) is 15.3. The zero-order chi connectivity index (χ0) is 23.0. The molecule has 0 N–H and O–H groups in total. The first-order valence-corrected chi connectivity index (χ1v) is 11.1. The van der Waals surface area contributed by atoms with E-state index in [9.17, 15) is 9.59 Å². The fourth-order valence-corrected chi connectivity index (χ4v) is 4.82. The van der Waals surface area contributed by atoms with Crippen LogP contribution in [-0.2, 0) is 9.59 Å². The van der Waals surface area contributed by atoms with Crippen molar-refractivity contribution in [1.29, 1.82) is 0 Å². The number of anilines is 1. The minimum absolute atomic E-state index is 0.337. The van der Waals surface area contributed by atoms with Gasteiger partial charge in [0, 0.05) is 36.3 Å². The molecular weight excluding hydrogens is 428 g/mol. The Kier molecular flexibility index (Phi) is 6.15.